The van der Waals surface area contributed by atoms with Crippen LogP contribution in [-0.2, 0) is 9.59 Å². The molecule has 4 rings (SSSR count). The van der Waals surface area contributed by atoms with Gasteiger partial charge >= 0.3 is 5.97 Å². The van der Waals surface area contributed by atoms with Crippen LogP contribution in [0.15, 0.2) is 18.3 Å². The molecule has 0 bridgehead atoms. The molecular weight excluding hydrogens is 388 g/mol. The van der Waals surface area contributed by atoms with Crippen LogP contribution >= 0.6 is 11.6 Å². The van der Waals surface area contributed by atoms with E-state index in [0.717, 1.165) is 65.7 Å². The molecule has 156 valence electrons. The van der Waals surface area contributed by atoms with Gasteiger partial charge in [0.25, 0.3) is 0 Å². The predicted octanol–water partition coefficient (Wildman–Crippen LogP) is 5.12. The summed E-state index contributed by atoms with van der Waals surface area (Å²) in [5, 5.41) is 11.4. The lowest BCUT2D eigenvalue weighted by Gasteiger charge is -2.46. The van der Waals surface area contributed by atoms with Gasteiger partial charge in [0.2, 0.25) is 5.91 Å². The standard InChI is InChI=1S/C23H29ClN2O3/c1-13-8-9-18-21(22(13)24)17(12-25-18)14(2)11-20(27)26-10-4-6-15-16(23(28)29)5-3-7-19(15)26/h8-9,12,14-16,19,25H,3-7,10-11H2,1-2H3,(H,28,29). The zero-order valence-corrected chi connectivity index (χ0v) is 17.8. The van der Waals surface area contributed by atoms with Gasteiger partial charge in [0.05, 0.1) is 10.9 Å². The number of aryl methyl sites for hydroxylation is 1. The molecule has 0 spiro atoms. The van der Waals surface area contributed by atoms with E-state index < -0.39 is 5.97 Å². The van der Waals surface area contributed by atoms with Crippen LogP contribution in [0.2, 0.25) is 5.02 Å². The van der Waals surface area contributed by atoms with Crippen LogP contribution in [0.5, 0.6) is 0 Å². The Morgan fingerprint density at radius 1 is 1.28 bits per heavy atom. The lowest BCUT2D eigenvalue weighted by atomic mass is 9.71. The van der Waals surface area contributed by atoms with Gasteiger partial charge in [-0.3, -0.25) is 9.59 Å². The van der Waals surface area contributed by atoms with E-state index in [1.807, 2.05) is 30.2 Å². The van der Waals surface area contributed by atoms with Crippen LogP contribution in [0.3, 0.4) is 0 Å². The summed E-state index contributed by atoms with van der Waals surface area (Å²) in [4.78, 5) is 30.2. The number of carbonyl (C=O) groups is 2. The van der Waals surface area contributed by atoms with Crippen molar-refractivity contribution in [3.05, 3.63) is 34.5 Å². The third-order valence-electron chi connectivity index (χ3n) is 7.02. The molecule has 1 aliphatic carbocycles. The van der Waals surface area contributed by atoms with E-state index in [1.165, 1.54) is 0 Å². The highest BCUT2D eigenvalue weighted by Crippen LogP contribution is 2.41. The Morgan fingerprint density at radius 2 is 2.07 bits per heavy atom. The first-order chi connectivity index (χ1) is 13.9. The number of aromatic nitrogens is 1. The summed E-state index contributed by atoms with van der Waals surface area (Å²) in [7, 11) is 0. The summed E-state index contributed by atoms with van der Waals surface area (Å²) < 4.78 is 0. The van der Waals surface area contributed by atoms with Gasteiger partial charge in [0.15, 0.2) is 0 Å². The van der Waals surface area contributed by atoms with E-state index in [2.05, 4.69) is 11.9 Å². The highest BCUT2D eigenvalue weighted by Gasteiger charge is 2.43. The summed E-state index contributed by atoms with van der Waals surface area (Å²) in [6, 6.07) is 4.10. The van der Waals surface area contributed by atoms with Gasteiger partial charge in [-0.05, 0) is 61.6 Å². The molecule has 0 radical (unpaired) electrons. The number of carbonyl (C=O) groups excluding carboxylic acids is 1. The second-order valence-corrected chi connectivity index (χ2v) is 9.18. The van der Waals surface area contributed by atoms with Crippen molar-refractivity contribution in [2.24, 2.45) is 11.8 Å². The molecule has 5 nitrogen and oxygen atoms in total. The number of nitrogens with zero attached hydrogens (tertiary/aromatic N) is 1. The highest BCUT2D eigenvalue weighted by molar-refractivity contribution is 6.36. The number of fused-ring (bicyclic) bond motifs is 2. The van der Waals surface area contributed by atoms with Crippen molar-refractivity contribution in [1.82, 2.24) is 9.88 Å². The number of H-pyrrole nitrogens is 1. The Labute approximate surface area is 176 Å². The number of aromatic amines is 1. The average Bonchev–Trinajstić information content (AvgIpc) is 3.14. The maximum atomic E-state index is 13.3. The number of hydrogen-bond donors (Lipinski definition) is 2. The Hall–Kier alpha value is -2.01. The van der Waals surface area contributed by atoms with Crippen LogP contribution in [0.25, 0.3) is 10.9 Å². The molecule has 2 N–H and O–H groups in total. The van der Waals surface area contributed by atoms with E-state index in [0.29, 0.717) is 6.42 Å². The molecule has 1 saturated carbocycles. The van der Waals surface area contributed by atoms with E-state index in [1.54, 1.807) is 0 Å². The molecule has 2 aliphatic rings. The number of nitrogens with one attached hydrogen (secondary N) is 1. The number of piperidine rings is 1. The van der Waals surface area contributed by atoms with Gasteiger partial charge in [-0.1, -0.05) is 31.0 Å². The Bertz CT molecular complexity index is 938. The SMILES string of the molecule is Cc1ccc2[nH]cc(C(C)CC(=O)N3CCCC4C(C(=O)O)CCCC43)c2c1Cl. The van der Waals surface area contributed by atoms with Crippen molar-refractivity contribution in [3.8, 4) is 0 Å². The van der Waals surface area contributed by atoms with Crippen molar-refractivity contribution in [1.29, 1.82) is 0 Å². The molecule has 1 saturated heterocycles. The van der Waals surface area contributed by atoms with E-state index in [-0.39, 0.29) is 29.7 Å². The van der Waals surface area contributed by atoms with E-state index >= 15 is 0 Å². The second-order valence-electron chi connectivity index (χ2n) is 8.80. The van der Waals surface area contributed by atoms with Gasteiger partial charge in [-0.15, -0.1) is 0 Å². The van der Waals surface area contributed by atoms with Crippen molar-refractivity contribution < 1.29 is 14.7 Å². The molecule has 1 amide bonds. The zero-order valence-electron chi connectivity index (χ0n) is 17.1. The minimum atomic E-state index is -0.703. The minimum Gasteiger partial charge on any atom is -0.481 e. The molecule has 2 aromatic rings. The Morgan fingerprint density at radius 3 is 2.83 bits per heavy atom. The molecule has 1 aliphatic heterocycles. The fourth-order valence-electron chi connectivity index (χ4n) is 5.49. The third-order valence-corrected chi connectivity index (χ3v) is 7.51. The summed E-state index contributed by atoms with van der Waals surface area (Å²) in [6.07, 6.45) is 6.73. The van der Waals surface area contributed by atoms with Gasteiger partial charge < -0.3 is 15.0 Å². The topological polar surface area (TPSA) is 73.4 Å². The normalized spacial score (nSPS) is 25.6. The Kier molecular flexibility index (Phi) is 5.60. The van der Waals surface area contributed by atoms with Crippen molar-refractivity contribution in [2.75, 3.05) is 6.54 Å². The number of aliphatic carboxylic acids is 1. The van der Waals surface area contributed by atoms with Crippen molar-refractivity contribution in [3.63, 3.8) is 0 Å². The number of carboxylic acid groups (broad SMARTS) is 1. The van der Waals surface area contributed by atoms with Gasteiger partial charge in [-0.25, -0.2) is 0 Å². The molecule has 4 atom stereocenters. The number of benzene rings is 1. The van der Waals surface area contributed by atoms with Gasteiger partial charge in [0, 0.05) is 36.1 Å². The van der Waals surface area contributed by atoms with Gasteiger partial charge in [0.1, 0.15) is 0 Å². The molecule has 4 unspecified atom stereocenters. The van der Waals surface area contributed by atoms with E-state index in [4.69, 9.17) is 11.6 Å². The van der Waals surface area contributed by atoms with Crippen LogP contribution in [0.1, 0.15) is 62.5 Å². The van der Waals surface area contributed by atoms with Crippen molar-refractivity contribution in [2.45, 2.75) is 64.3 Å². The number of likely N-dealkylation sites (tertiary alicyclic amines) is 1. The molecule has 6 heteroatoms. The molecule has 29 heavy (non-hydrogen) atoms. The minimum absolute atomic E-state index is 0.0368. The number of hydrogen-bond acceptors (Lipinski definition) is 2. The summed E-state index contributed by atoms with van der Waals surface area (Å²) in [5.41, 5.74) is 3.09. The van der Waals surface area contributed by atoms with Gasteiger partial charge in [-0.2, -0.15) is 0 Å². The zero-order chi connectivity index (χ0) is 20.7. The van der Waals surface area contributed by atoms with Crippen LogP contribution in [0.4, 0.5) is 0 Å². The van der Waals surface area contributed by atoms with Crippen molar-refractivity contribution >= 4 is 34.4 Å². The molecule has 2 heterocycles. The first-order valence-electron chi connectivity index (χ1n) is 10.7. The first-order valence-corrected chi connectivity index (χ1v) is 11.0. The predicted molar refractivity (Wildman–Crippen MR) is 114 cm³/mol. The Balaban J connectivity index is 1.53. The molecular formula is C23H29ClN2O3. The number of rotatable bonds is 4. The molecule has 1 aromatic heterocycles. The van der Waals surface area contributed by atoms with Crippen LogP contribution < -0.4 is 0 Å². The molecule has 1 aromatic carbocycles. The first kappa shape index (κ1) is 20.3. The summed E-state index contributed by atoms with van der Waals surface area (Å²) in [6.45, 7) is 4.80. The lowest BCUT2D eigenvalue weighted by Crippen LogP contribution is -2.53. The quantitative estimate of drug-likeness (QED) is 0.726. The fourth-order valence-corrected chi connectivity index (χ4v) is 5.77. The second kappa shape index (κ2) is 8.02. The lowest BCUT2D eigenvalue weighted by molar-refractivity contribution is -0.152. The third kappa shape index (κ3) is 3.65. The number of amides is 1. The summed E-state index contributed by atoms with van der Waals surface area (Å²) in [5.74, 6) is -0.742. The largest absolute Gasteiger partial charge is 0.481 e. The van der Waals surface area contributed by atoms with Crippen LogP contribution in [0, 0.1) is 18.8 Å². The molecule has 2 fully saturated rings. The maximum Gasteiger partial charge on any atom is 0.306 e. The monoisotopic (exact) mass is 416 g/mol. The average molecular weight is 417 g/mol. The summed E-state index contributed by atoms with van der Waals surface area (Å²) >= 11 is 6.57. The fraction of sp³-hybridized carbons (Fsp3) is 0.565. The number of halogens is 1. The van der Waals surface area contributed by atoms with Crippen LogP contribution in [-0.4, -0.2) is 39.5 Å². The maximum absolute atomic E-state index is 13.3. The number of carboxylic acids is 1. The highest BCUT2D eigenvalue weighted by atomic mass is 35.5. The smallest absolute Gasteiger partial charge is 0.306 e. The van der Waals surface area contributed by atoms with E-state index in [9.17, 15) is 14.7 Å².